The van der Waals surface area contributed by atoms with Gasteiger partial charge in [-0.3, -0.25) is 0 Å². The fourth-order valence-electron chi connectivity index (χ4n) is 3.65. The van der Waals surface area contributed by atoms with Crippen molar-refractivity contribution in [2.45, 2.75) is 70.9 Å². The van der Waals surface area contributed by atoms with Gasteiger partial charge in [0.25, 0.3) is 0 Å². The van der Waals surface area contributed by atoms with Crippen LogP contribution in [0.25, 0.3) is 0 Å². The highest BCUT2D eigenvalue weighted by Gasteiger charge is 2.22. The summed E-state index contributed by atoms with van der Waals surface area (Å²) in [7, 11) is 0. The van der Waals surface area contributed by atoms with Crippen LogP contribution in [0, 0.1) is 6.92 Å². The zero-order chi connectivity index (χ0) is 20.2. The Morgan fingerprint density at radius 2 is 1.85 bits per heavy atom. The molecule has 2 rings (SSSR count). The molecule has 27 heavy (non-hydrogen) atoms. The Balaban J connectivity index is 2.30. The lowest BCUT2D eigenvalue weighted by atomic mass is 9.90. The number of benzene rings is 2. The van der Waals surface area contributed by atoms with Crippen molar-refractivity contribution in [3.8, 4) is 0 Å². The van der Waals surface area contributed by atoms with Gasteiger partial charge in [-0.25, -0.2) is 4.39 Å². The van der Waals surface area contributed by atoms with Crippen molar-refractivity contribution < 1.29 is 4.39 Å². The molecular weight excluding hydrogens is 353 g/mol. The predicted octanol–water partition coefficient (Wildman–Crippen LogP) is 7.17. The Labute approximate surface area is 169 Å². The van der Waals surface area contributed by atoms with Gasteiger partial charge in [0.05, 0.1) is 5.69 Å². The maximum atomic E-state index is 14.5. The fraction of sp³-hybridized carbons (Fsp3) is 0.417. The Morgan fingerprint density at radius 3 is 2.44 bits per heavy atom. The lowest BCUT2D eigenvalue weighted by Gasteiger charge is -2.22. The quantitative estimate of drug-likeness (QED) is 0.459. The van der Waals surface area contributed by atoms with E-state index in [-0.39, 0.29) is 0 Å². The van der Waals surface area contributed by atoms with Crippen molar-refractivity contribution in [3.63, 3.8) is 0 Å². The maximum absolute atomic E-state index is 14.5. The van der Waals surface area contributed by atoms with Gasteiger partial charge in [0, 0.05) is 17.0 Å². The van der Waals surface area contributed by atoms with Crippen molar-refractivity contribution in [2.24, 2.45) is 0 Å². The molecule has 0 heterocycles. The molecule has 0 saturated carbocycles. The molecule has 0 radical (unpaired) electrons. The van der Waals surface area contributed by atoms with Gasteiger partial charge in [-0.2, -0.15) is 0 Å². The summed E-state index contributed by atoms with van der Waals surface area (Å²) >= 11 is 4.67. The molecule has 0 spiro atoms. The first-order chi connectivity index (χ1) is 12.7. The largest absolute Gasteiger partial charge is 0.358 e. The third kappa shape index (κ3) is 5.16. The second-order valence-corrected chi connectivity index (χ2v) is 8.15. The topological polar surface area (TPSA) is 12.0 Å². The molecule has 0 bridgehead atoms. The summed E-state index contributed by atoms with van der Waals surface area (Å²) in [6, 6.07) is 10.1. The first-order valence-electron chi connectivity index (χ1n) is 9.75. The van der Waals surface area contributed by atoms with Crippen LogP contribution in [0.4, 0.5) is 10.1 Å². The lowest BCUT2D eigenvalue weighted by molar-refractivity contribution is 0.220. The van der Waals surface area contributed by atoms with Gasteiger partial charge in [0.1, 0.15) is 5.67 Å². The average Bonchev–Trinajstić information content (AvgIpc) is 2.59. The van der Waals surface area contributed by atoms with E-state index in [1.54, 1.807) is 13.8 Å². The van der Waals surface area contributed by atoms with Crippen LogP contribution >= 0.6 is 12.6 Å². The van der Waals surface area contributed by atoms with E-state index in [9.17, 15) is 4.39 Å². The van der Waals surface area contributed by atoms with Crippen molar-refractivity contribution in [2.75, 3.05) is 5.32 Å². The SMILES string of the molecule is C=C(Cc1cccc(C(C)(C)F)c1C)Nc1c(S)ccc(CC)c1CCC. The van der Waals surface area contributed by atoms with Gasteiger partial charge in [0.2, 0.25) is 0 Å². The summed E-state index contributed by atoms with van der Waals surface area (Å²) in [5.74, 6) is 0. The van der Waals surface area contributed by atoms with Gasteiger partial charge in [-0.05, 0) is 67.5 Å². The van der Waals surface area contributed by atoms with Crippen LogP contribution in [0.5, 0.6) is 0 Å². The molecule has 2 aromatic carbocycles. The van der Waals surface area contributed by atoms with Gasteiger partial charge in [-0.15, -0.1) is 12.6 Å². The summed E-state index contributed by atoms with van der Waals surface area (Å²) in [5, 5.41) is 3.51. The average molecular weight is 386 g/mol. The number of allylic oxidation sites excluding steroid dienone is 1. The number of halogens is 1. The van der Waals surface area contributed by atoms with E-state index in [4.69, 9.17) is 0 Å². The third-order valence-electron chi connectivity index (χ3n) is 5.06. The zero-order valence-corrected chi connectivity index (χ0v) is 18.1. The van der Waals surface area contributed by atoms with Gasteiger partial charge < -0.3 is 5.32 Å². The normalized spacial score (nSPS) is 11.5. The molecule has 2 aromatic rings. The van der Waals surface area contributed by atoms with E-state index in [1.165, 1.54) is 11.1 Å². The van der Waals surface area contributed by atoms with Gasteiger partial charge in [0.15, 0.2) is 0 Å². The van der Waals surface area contributed by atoms with Crippen LogP contribution in [0.15, 0.2) is 47.5 Å². The van der Waals surface area contributed by atoms with E-state index < -0.39 is 5.67 Å². The Hall–Kier alpha value is -1.74. The summed E-state index contributed by atoms with van der Waals surface area (Å²) in [4.78, 5) is 0.937. The molecule has 0 aliphatic rings. The number of thiol groups is 1. The number of hydrogen-bond donors (Lipinski definition) is 2. The second kappa shape index (κ2) is 8.97. The number of rotatable bonds is 8. The van der Waals surface area contributed by atoms with E-state index in [0.717, 1.165) is 52.2 Å². The van der Waals surface area contributed by atoms with Crippen LogP contribution in [0.1, 0.15) is 61.9 Å². The minimum Gasteiger partial charge on any atom is -0.358 e. The Bertz CT molecular complexity index is 818. The van der Waals surface area contributed by atoms with Crippen LogP contribution in [-0.4, -0.2) is 0 Å². The lowest BCUT2D eigenvalue weighted by Crippen LogP contribution is -2.13. The molecule has 0 atom stereocenters. The molecule has 0 aliphatic heterocycles. The monoisotopic (exact) mass is 385 g/mol. The second-order valence-electron chi connectivity index (χ2n) is 7.67. The molecular formula is C24H32FNS. The number of aryl methyl sites for hydroxylation is 1. The Morgan fingerprint density at radius 1 is 1.15 bits per heavy atom. The molecule has 0 aliphatic carbocycles. The minimum absolute atomic E-state index is 0.658. The molecule has 0 aromatic heterocycles. The maximum Gasteiger partial charge on any atom is 0.130 e. The van der Waals surface area contributed by atoms with Gasteiger partial charge >= 0.3 is 0 Å². The van der Waals surface area contributed by atoms with Crippen LogP contribution in [-0.2, 0) is 24.9 Å². The molecule has 3 heteroatoms. The molecule has 0 fully saturated rings. The van der Waals surface area contributed by atoms with E-state index >= 15 is 0 Å². The van der Waals surface area contributed by atoms with E-state index in [0.29, 0.717) is 6.42 Å². The summed E-state index contributed by atoms with van der Waals surface area (Å²) in [6.45, 7) is 13.8. The standard InChI is InChI=1S/C24H32FNS/c1-7-10-20-18(8-2)13-14-22(27)23(20)26-16(3)15-19-11-9-12-21(17(19)4)24(5,6)25/h9,11-14,26-27H,3,7-8,10,15H2,1-2,4-6H3. The van der Waals surface area contributed by atoms with E-state index in [1.807, 2.05) is 25.1 Å². The van der Waals surface area contributed by atoms with Crippen LogP contribution < -0.4 is 5.32 Å². The summed E-state index contributed by atoms with van der Waals surface area (Å²) < 4.78 is 14.5. The van der Waals surface area contributed by atoms with Crippen LogP contribution in [0.2, 0.25) is 0 Å². The third-order valence-corrected chi connectivity index (χ3v) is 5.43. The molecule has 1 N–H and O–H groups in total. The number of anilines is 1. The number of hydrogen-bond acceptors (Lipinski definition) is 2. The predicted molar refractivity (Wildman–Crippen MR) is 119 cm³/mol. The zero-order valence-electron chi connectivity index (χ0n) is 17.2. The molecule has 146 valence electrons. The molecule has 0 saturated heterocycles. The van der Waals surface area contributed by atoms with Crippen molar-refractivity contribution in [1.29, 1.82) is 0 Å². The van der Waals surface area contributed by atoms with Crippen LogP contribution in [0.3, 0.4) is 0 Å². The van der Waals surface area contributed by atoms with Crippen molar-refractivity contribution in [1.82, 2.24) is 0 Å². The highest BCUT2D eigenvalue weighted by atomic mass is 32.1. The molecule has 1 nitrogen and oxygen atoms in total. The highest BCUT2D eigenvalue weighted by molar-refractivity contribution is 7.80. The Kier molecular flexibility index (Phi) is 7.16. The number of nitrogens with one attached hydrogen (secondary N) is 1. The van der Waals surface area contributed by atoms with Gasteiger partial charge in [-0.1, -0.05) is 51.1 Å². The first kappa shape index (κ1) is 21.6. The highest BCUT2D eigenvalue weighted by Crippen LogP contribution is 2.32. The summed E-state index contributed by atoms with van der Waals surface area (Å²) in [5.41, 5.74) is 6.11. The minimum atomic E-state index is -1.35. The molecule has 0 amide bonds. The first-order valence-corrected chi connectivity index (χ1v) is 10.2. The molecule has 0 unspecified atom stereocenters. The van der Waals surface area contributed by atoms with Crippen molar-refractivity contribution in [3.05, 3.63) is 70.4 Å². The number of alkyl halides is 1. The van der Waals surface area contributed by atoms with E-state index in [2.05, 4.69) is 50.5 Å². The smallest absolute Gasteiger partial charge is 0.130 e. The summed E-state index contributed by atoms with van der Waals surface area (Å²) in [6.07, 6.45) is 3.75. The fourth-order valence-corrected chi connectivity index (χ4v) is 3.92. The van der Waals surface area contributed by atoms with Crippen molar-refractivity contribution >= 4 is 18.3 Å².